The number of aromatic nitrogens is 1. The van der Waals surface area contributed by atoms with Gasteiger partial charge in [0.2, 0.25) is 10.0 Å². The molecule has 3 aromatic rings. The van der Waals surface area contributed by atoms with E-state index >= 15 is 0 Å². The largest absolute Gasteiger partial charge is 0.496 e. The Morgan fingerprint density at radius 1 is 1.17 bits per heavy atom. The smallest absolute Gasteiger partial charge is 0.284 e. The van der Waals surface area contributed by atoms with E-state index in [1.54, 1.807) is 18.1 Å². The fraction of sp³-hybridized carbons (Fsp3) is 0.346. The fourth-order valence-corrected chi connectivity index (χ4v) is 5.10. The minimum atomic E-state index is -3.70. The van der Waals surface area contributed by atoms with Gasteiger partial charge in [-0.25, -0.2) is 18.1 Å². The summed E-state index contributed by atoms with van der Waals surface area (Å²) in [5, 5.41) is 2.03. The Morgan fingerprint density at radius 2 is 1.89 bits per heavy atom. The molecule has 0 saturated heterocycles. The number of aryl methyl sites for hydroxylation is 2. The second-order valence-electron chi connectivity index (χ2n) is 8.46. The van der Waals surface area contributed by atoms with Crippen LogP contribution in [0.5, 0.6) is 5.75 Å². The van der Waals surface area contributed by atoms with Crippen molar-refractivity contribution < 1.29 is 22.7 Å². The normalized spacial score (nSPS) is 11.2. The van der Waals surface area contributed by atoms with Gasteiger partial charge in [0.1, 0.15) is 16.5 Å². The first-order chi connectivity index (χ1) is 17.1. The minimum Gasteiger partial charge on any atom is -0.496 e. The van der Waals surface area contributed by atoms with Gasteiger partial charge in [-0.1, -0.05) is 37.3 Å². The molecule has 1 N–H and O–H groups in total. The van der Waals surface area contributed by atoms with Crippen molar-refractivity contribution in [3.63, 3.8) is 0 Å². The molecule has 0 fully saturated rings. The minimum absolute atomic E-state index is 0.00221. The van der Waals surface area contributed by atoms with E-state index in [4.69, 9.17) is 4.74 Å². The summed E-state index contributed by atoms with van der Waals surface area (Å²) < 4.78 is 30.2. The van der Waals surface area contributed by atoms with Crippen molar-refractivity contribution in [2.45, 2.75) is 39.7 Å². The number of ether oxygens (including phenoxy) is 1. The number of nitrogens with one attached hydrogen (secondary N) is 1. The quantitative estimate of drug-likeness (QED) is 0.403. The van der Waals surface area contributed by atoms with Crippen molar-refractivity contribution in [3.05, 3.63) is 80.8 Å². The molecule has 0 aliphatic rings. The van der Waals surface area contributed by atoms with Crippen molar-refractivity contribution in [1.29, 1.82) is 0 Å². The summed E-state index contributed by atoms with van der Waals surface area (Å²) in [6, 6.07) is 13.7. The van der Waals surface area contributed by atoms with Crippen molar-refractivity contribution in [3.8, 4) is 5.75 Å². The van der Waals surface area contributed by atoms with E-state index < -0.39 is 15.9 Å². The number of amides is 2. The number of hydrogen-bond donors (Lipinski definition) is 1. The highest BCUT2D eigenvalue weighted by Crippen LogP contribution is 2.26. The lowest BCUT2D eigenvalue weighted by atomic mass is 10.0. The maximum atomic E-state index is 13.7. The monoisotopic (exact) mass is 529 g/mol. The van der Waals surface area contributed by atoms with Crippen LogP contribution >= 0.6 is 11.3 Å². The lowest BCUT2D eigenvalue weighted by Gasteiger charge is -2.23. The van der Waals surface area contributed by atoms with Gasteiger partial charge < -0.3 is 9.64 Å². The highest BCUT2D eigenvalue weighted by atomic mass is 32.2. The molecule has 0 spiro atoms. The first kappa shape index (κ1) is 27.3. The van der Waals surface area contributed by atoms with E-state index in [1.807, 2.05) is 42.8 Å². The summed E-state index contributed by atoms with van der Waals surface area (Å²) >= 11 is 1.21. The average molecular weight is 530 g/mol. The van der Waals surface area contributed by atoms with Crippen LogP contribution in [0.2, 0.25) is 0 Å². The molecule has 0 aliphatic carbocycles. The standard InChI is InChI=1S/C26H31N3O5S2/c1-5-20-14-21(15-23(34-3)18(20)2)26(31)29(13-9-12-19-10-7-6-8-11-19)16-24-27-22(17-35-24)25(30)28-36(4,32)33/h6-8,10-11,14-15,17H,5,9,12-13,16H2,1-4H3,(H,28,30). The SMILES string of the molecule is CCc1cc(C(=O)N(CCCc2ccccc2)Cc2nc(C(=O)NS(C)(=O)=O)cs2)cc(OC)c1C. The number of hydrogen-bond acceptors (Lipinski definition) is 7. The number of sulfonamides is 1. The van der Waals surface area contributed by atoms with Gasteiger partial charge in [0.05, 0.1) is 19.9 Å². The zero-order valence-electron chi connectivity index (χ0n) is 20.9. The Labute approximate surface area is 216 Å². The fourth-order valence-electron chi connectivity index (χ4n) is 3.87. The molecule has 8 nitrogen and oxygen atoms in total. The molecule has 2 amide bonds. The van der Waals surface area contributed by atoms with Crippen LogP contribution in [0.25, 0.3) is 0 Å². The van der Waals surface area contributed by atoms with Crippen LogP contribution < -0.4 is 9.46 Å². The van der Waals surface area contributed by atoms with Gasteiger partial charge in [0.25, 0.3) is 11.8 Å². The Balaban J connectivity index is 1.84. The van der Waals surface area contributed by atoms with Crippen molar-refractivity contribution in [2.24, 2.45) is 0 Å². The number of rotatable bonds is 11. The summed E-state index contributed by atoms with van der Waals surface area (Å²) in [6.07, 6.45) is 3.22. The second-order valence-corrected chi connectivity index (χ2v) is 11.2. The van der Waals surface area contributed by atoms with Crippen LogP contribution in [0.4, 0.5) is 0 Å². The molecule has 0 saturated carbocycles. The molecule has 0 aliphatic heterocycles. The molecule has 0 radical (unpaired) electrons. The van der Waals surface area contributed by atoms with Crippen molar-refractivity contribution in [2.75, 3.05) is 19.9 Å². The Bertz CT molecular complexity index is 1300. The van der Waals surface area contributed by atoms with Crippen LogP contribution in [-0.4, -0.2) is 50.0 Å². The Hall–Kier alpha value is -3.24. The van der Waals surface area contributed by atoms with Crippen LogP contribution in [0, 0.1) is 6.92 Å². The second kappa shape index (κ2) is 12.1. The van der Waals surface area contributed by atoms with E-state index in [0.29, 0.717) is 22.9 Å². The maximum Gasteiger partial charge on any atom is 0.284 e. The average Bonchev–Trinajstić information content (AvgIpc) is 3.31. The molecule has 0 unspecified atom stereocenters. The Morgan fingerprint density at radius 3 is 2.53 bits per heavy atom. The van der Waals surface area contributed by atoms with Crippen LogP contribution in [0.3, 0.4) is 0 Å². The molecule has 10 heteroatoms. The van der Waals surface area contributed by atoms with E-state index in [2.05, 4.69) is 17.1 Å². The van der Waals surface area contributed by atoms with E-state index in [-0.39, 0.29) is 18.1 Å². The summed E-state index contributed by atoms with van der Waals surface area (Å²) in [5.41, 5.74) is 3.76. The molecular weight excluding hydrogens is 498 g/mol. The molecule has 0 bridgehead atoms. The zero-order valence-corrected chi connectivity index (χ0v) is 22.5. The van der Waals surface area contributed by atoms with Crippen molar-refractivity contribution in [1.82, 2.24) is 14.6 Å². The summed E-state index contributed by atoms with van der Waals surface area (Å²) in [6.45, 7) is 4.69. The molecule has 1 heterocycles. The topological polar surface area (TPSA) is 106 Å². The number of thiazole rings is 1. The predicted molar refractivity (Wildman–Crippen MR) is 141 cm³/mol. The predicted octanol–water partition coefficient (Wildman–Crippen LogP) is 3.99. The summed E-state index contributed by atoms with van der Waals surface area (Å²) in [7, 11) is -2.11. The number of nitrogens with zero attached hydrogens (tertiary/aromatic N) is 2. The molecule has 192 valence electrons. The molecule has 3 rings (SSSR count). The molecule has 2 aromatic carbocycles. The number of methoxy groups -OCH3 is 1. The first-order valence-electron chi connectivity index (χ1n) is 11.6. The van der Waals surface area contributed by atoms with Gasteiger partial charge >= 0.3 is 0 Å². The van der Waals surface area contributed by atoms with Crippen LogP contribution in [0.15, 0.2) is 47.8 Å². The number of carbonyl (C=O) groups is 2. The van der Waals surface area contributed by atoms with Crippen molar-refractivity contribution >= 4 is 33.2 Å². The van der Waals surface area contributed by atoms with E-state index in [9.17, 15) is 18.0 Å². The number of benzene rings is 2. The molecule has 36 heavy (non-hydrogen) atoms. The molecular formula is C26H31N3O5S2. The third-order valence-corrected chi connectivity index (χ3v) is 7.12. The van der Waals surface area contributed by atoms with Crippen LogP contribution in [0.1, 0.15) is 55.9 Å². The van der Waals surface area contributed by atoms with E-state index in [1.165, 1.54) is 22.3 Å². The Kier molecular flexibility index (Phi) is 9.22. The maximum absolute atomic E-state index is 13.7. The summed E-state index contributed by atoms with van der Waals surface area (Å²) in [4.78, 5) is 31.8. The van der Waals surface area contributed by atoms with Crippen LogP contribution in [-0.2, 0) is 29.4 Å². The van der Waals surface area contributed by atoms with Gasteiger partial charge in [-0.3, -0.25) is 9.59 Å². The van der Waals surface area contributed by atoms with Gasteiger partial charge in [0, 0.05) is 17.5 Å². The van der Waals surface area contributed by atoms with Gasteiger partial charge in [-0.15, -0.1) is 11.3 Å². The van der Waals surface area contributed by atoms with E-state index in [0.717, 1.165) is 36.6 Å². The lowest BCUT2D eigenvalue weighted by molar-refractivity contribution is 0.0740. The lowest BCUT2D eigenvalue weighted by Crippen LogP contribution is -2.32. The van der Waals surface area contributed by atoms with Gasteiger partial charge in [-0.2, -0.15) is 0 Å². The number of carbonyl (C=O) groups excluding carboxylic acids is 2. The molecule has 0 atom stereocenters. The third kappa shape index (κ3) is 7.38. The third-order valence-electron chi connectivity index (χ3n) is 5.73. The molecule has 1 aromatic heterocycles. The first-order valence-corrected chi connectivity index (χ1v) is 14.4. The van der Waals surface area contributed by atoms with Gasteiger partial charge in [0.15, 0.2) is 0 Å². The zero-order chi connectivity index (χ0) is 26.3. The highest BCUT2D eigenvalue weighted by Gasteiger charge is 2.21. The van der Waals surface area contributed by atoms with Gasteiger partial charge in [-0.05, 0) is 55.0 Å². The highest BCUT2D eigenvalue weighted by molar-refractivity contribution is 7.89. The summed E-state index contributed by atoms with van der Waals surface area (Å²) in [5.74, 6) is -0.290.